The summed E-state index contributed by atoms with van der Waals surface area (Å²) in [5.74, 6) is 0.646. The molecule has 0 radical (unpaired) electrons. The number of amides is 4. The van der Waals surface area contributed by atoms with Gasteiger partial charge in [-0.1, -0.05) is 32.4 Å². The lowest BCUT2D eigenvalue weighted by Gasteiger charge is -2.21. The molecule has 30 heavy (non-hydrogen) atoms. The second-order valence-electron chi connectivity index (χ2n) is 7.38. The number of carbonyl (C=O) groups is 2. The average molecular weight is 413 g/mol. The van der Waals surface area contributed by atoms with Gasteiger partial charge in [-0.15, -0.1) is 0 Å². The Bertz CT molecular complexity index is 757. The molecule has 4 amide bonds. The van der Waals surface area contributed by atoms with Crippen molar-refractivity contribution in [3.63, 3.8) is 0 Å². The molecule has 8 nitrogen and oxygen atoms in total. The van der Waals surface area contributed by atoms with Crippen molar-refractivity contribution in [2.45, 2.75) is 39.8 Å². The Morgan fingerprint density at radius 2 is 1.37 bits per heavy atom. The Hall–Kier alpha value is -3.16. The summed E-state index contributed by atoms with van der Waals surface area (Å²) in [6, 6.07) is 10.8. The lowest BCUT2D eigenvalue weighted by atomic mass is 9.93. The van der Waals surface area contributed by atoms with Crippen LogP contribution in [0.1, 0.15) is 38.1 Å². The molecule has 0 aliphatic carbocycles. The van der Waals surface area contributed by atoms with Crippen molar-refractivity contribution < 1.29 is 9.59 Å². The van der Waals surface area contributed by atoms with Crippen LogP contribution in [0.25, 0.3) is 0 Å². The molecule has 0 fully saturated rings. The number of nitrogens with zero attached hydrogens (tertiary/aromatic N) is 2. The van der Waals surface area contributed by atoms with Crippen LogP contribution < -0.4 is 21.3 Å². The maximum Gasteiger partial charge on any atom is 0.315 e. The van der Waals surface area contributed by atoms with Crippen molar-refractivity contribution >= 4 is 12.1 Å². The Balaban J connectivity index is 1.60. The van der Waals surface area contributed by atoms with Gasteiger partial charge in [-0.3, -0.25) is 9.97 Å². The molecule has 2 rings (SSSR count). The molecule has 2 atom stereocenters. The first kappa shape index (κ1) is 23.1. The molecular formula is C22H32N6O2. The van der Waals surface area contributed by atoms with Crippen molar-refractivity contribution in [2.24, 2.45) is 11.8 Å². The van der Waals surface area contributed by atoms with Crippen LogP contribution in [0.4, 0.5) is 9.59 Å². The van der Waals surface area contributed by atoms with Crippen LogP contribution in [0, 0.1) is 11.8 Å². The summed E-state index contributed by atoms with van der Waals surface area (Å²) < 4.78 is 0. The largest absolute Gasteiger partial charge is 0.338 e. The Kier molecular flexibility index (Phi) is 10.1. The molecule has 0 aliphatic heterocycles. The molecule has 0 aliphatic rings. The first-order valence-corrected chi connectivity index (χ1v) is 10.4. The first-order chi connectivity index (χ1) is 14.6. The maximum atomic E-state index is 12.0. The van der Waals surface area contributed by atoms with Crippen molar-refractivity contribution in [3.05, 3.63) is 60.2 Å². The summed E-state index contributed by atoms with van der Waals surface area (Å²) in [6.45, 7) is 6.19. The van der Waals surface area contributed by atoms with E-state index in [1.807, 2.05) is 36.4 Å². The summed E-state index contributed by atoms with van der Waals surface area (Å²) >= 11 is 0. The van der Waals surface area contributed by atoms with Crippen LogP contribution in [0.5, 0.6) is 0 Å². The van der Waals surface area contributed by atoms with E-state index in [0.717, 1.165) is 24.2 Å². The van der Waals surface area contributed by atoms with Gasteiger partial charge in [0.05, 0.1) is 24.5 Å². The molecule has 0 aromatic carbocycles. The third-order valence-corrected chi connectivity index (χ3v) is 4.79. The molecule has 2 unspecified atom stereocenters. The van der Waals surface area contributed by atoms with Crippen LogP contribution in [0.2, 0.25) is 0 Å². The third-order valence-electron chi connectivity index (χ3n) is 4.79. The van der Waals surface area contributed by atoms with Crippen molar-refractivity contribution in [3.8, 4) is 0 Å². The minimum Gasteiger partial charge on any atom is -0.338 e. The van der Waals surface area contributed by atoms with Crippen molar-refractivity contribution in [1.29, 1.82) is 0 Å². The standard InChI is InChI=1S/C22H32N6O2/c1-3-18(14-26-22(30)28-16-20-9-5-7-11-24-20)12-17(2)13-25-21(29)27-15-19-8-4-6-10-23-19/h4-11,17-18H,3,12-16H2,1-2H3,(H2,25,27,29)(H2,26,28,30). The maximum absolute atomic E-state index is 12.0. The van der Waals surface area contributed by atoms with E-state index in [1.54, 1.807) is 12.4 Å². The molecule has 0 saturated heterocycles. The minimum absolute atomic E-state index is 0.196. The highest BCUT2D eigenvalue weighted by Crippen LogP contribution is 2.14. The number of hydrogen-bond donors (Lipinski definition) is 4. The van der Waals surface area contributed by atoms with Crippen LogP contribution >= 0.6 is 0 Å². The second-order valence-corrected chi connectivity index (χ2v) is 7.38. The molecule has 8 heteroatoms. The number of aromatic nitrogens is 2. The number of carbonyl (C=O) groups excluding carboxylic acids is 2. The first-order valence-electron chi connectivity index (χ1n) is 10.4. The Labute approximate surface area is 178 Å². The number of nitrogens with one attached hydrogen (secondary N) is 4. The van der Waals surface area contributed by atoms with Gasteiger partial charge in [0, 0.05) is 25.5 Å². The van der Waals surface area contributed by atoms with E-state index in [0.29, 0.717) is 38.0 Å². The fraction of sp³-hybridized carbons (Fsp3) is 0.455. The average Bonchev–Trinajstić information content (AvgIpc) is 2.79. The van der Waals surface area contributed by atoms with E-state index in [9.17, 15) is 9.59 Å². The van der Waals surface area contributed by atoms with Crippen LogP contribution in [0.3, 0.4) is 0 Å². The lowest BCUT2D eigenvalue weighted by Crippen LogP contribution is -2.40. The quantitative estimate of drug-likeness (QED) is 0.455. The summed E-state index contributed by atoms with van der Waals surface area (Å²) in [5.41, 5.74) is 1.64. The normalized spacial score (nSPS) is 12.5. The van der Waals surface area contributed by atoms with E-state index in [1.165, 1.54) is 0 Å². The van der Waals surface area contributed by atoms with Gasteiger partial charge in [0.1, 0.15) is 0 Å². The highest BCUT2D eigenvalue weighted by Gasteiger charge is 2.14. The highest BCUT2D eigenvalue weighted by atomic mass is 16.2. The molecule has 4 N–H and O–H groups in total. The fourth-order valence-corrected chi connectivity index (χ4v) is 3.02. The topological polar surface area (TPSA) is 108 Å². The Morgan fingerprint density at radius 1 is 0.833 bits per heavy atom. The van der Waals surface area contributed by atoms with Gasteiger partial charge >= 0.3 is 12.1 Å². The van der Waals surface area contributed by atoms with Crippen LogP contribution in [-0.2, 0) is 13.1 Å². The smallest absolute Gasteiger partial charge is 0.315 e. The molecule has 2 aromatic rings. The van der Waals surface area contributed by atoms with Gasteiger partial charge < -0.3 is 21.3 Å². The molecule has 162 valence electrons. The lowest BCUT2D eigenvalue weighted by molar-refractivity contribution is 0.234. The summed E-state index contributed by atoms with van der Waals surface area (Å²) in [5, 5.41) is 11.5. The van der Waals surface area contributed by atoms with Crippen LogP contribution in [0.15, 0.2) is 48.8 Å². The van der Waals surface area contributed by atoms with E-state index >= 15 is 0 Å². The zero-order valence-electron chi connectivity index (χ0n) is 17.7. The number of rotatable bonds is 11. The van der Waals surface area contributed by atoms with E-state index in [-0.39, 0.29) is 12.1 Å². The molecule has 0 bridgehead atoms. The monoisotopic (exact) mass is 412 g/mol. The summed E-state index contributed by atoms with van der Waals surface area (Å²) in [7, 11) is 0. The van der Waals surface area contributed by atoms with Crippen molar-refractivity contribution in [1.82, 2.24) is 31.2 Å². The van der Waals surface area contributed by atoms with Crippen LogP contribution in [-0.4, -0.2) is 35.1 Å². The number of pyridine rings is 2. The summed E-state index contributed by atoms with van der Waals surface area (Å²) in [4.78, 5) is 32.3. The van der Waals surface area contributed by atoms with E-state index < -0.39 is 0 Å². The van der Waals surface area contributed by atoms with Gasteiger partial charge in [-0.25, -0.2) is 9.59 Å². The predicted molar refractivity (Wildman–Crippen MR) is 117 cm³/mol. The molecule has 2 aromatic heterocycles. The van der Waals surface area contributed by atoms with Gasteiger partial charge in [-0.05, 0) is 42.5 Å². The van der Waals surface area contributed by atoms with Gasteiger partial charge in [0.15, 0.2) is 0 Å². The third kappa shape index (κ3) is 9.36. The fourth-order valence-electron chi connectivity index (χ4n) is 3.02. The number of urea groups is 2. The minimum atomic E-state index is -0.201. The zero-order valence-corrected chi connectivity index (χ0v) is 17.7. The molecular weight excluding hydrogens is 380 g/mol. The van der Waals surface area contributed by atoms with E-state index in [2.05, 4.69) is 45.1 Å². The predicted octanol–water partition coefficient (Wildman–Crippen LogP) is 2.83. The molecule has 0 saturated carbocycles. The van der Waals surface area contributed by atoms with Gasteiger partial charge in [-0.2, -0.15) is 0 Å². The SMILES string of the molecule is CCC(CNC(=O)NCc1ccccn1)CC(C)CNC(=O)NCc1ccccn1. The highest BCUT2D eigenvalue weighted by molar-refractivity contribution is 5.74. The summed E-state index contributed by atoms with van der Waals surface area (Å²) in [6.07, 6.45) is 5.28. The molecule has 0 spiro atoms. The van der Waals surface area contributed by atoms with Crippen molar-refractivity contribution in [2.75, 3.05) is 13.1 Å². The van der Waals surface area contributed by atoms with Gasteiger partial charge in [0.2, 0.25) is 0 Å². The molecule has 2 heterocycles. The van der Waals surface area contributed by atoms with E-state index in [4.69, 9.17) is 0 Å². The zero-order chi connectivity index (χ0) is 21.6. The Morgan fingerprint density at radius 3 is 1.83 bits per heavy atom. The van der Waals surface area contributed by atoms with Gasteiger partial charge in [0.25, 0.3) is 0 Å². The number of hydrogen-bond acceptors (Lipinski definition) is 4. The second kappa shape index (κ2) is 13.1.